The maximum atomic E-state index is 14.6. The summed E-state index contributed by atoms with van der Waals surface area (Å²) in [4.78, 5) is 61.7. The van der Waals surface area contributed by atoms with E-state index in [-0.39, 0.29) is 69.8 Å². The van der Waals surface area contributed by atoms with Crippen molar-refractivity contribution in [2.24, 2.45) is 0 Å². The molecular formula is C50H52F4N14O10S2. The maximum Gasteiger partial charge on any atom is 0.335 e. The largest absolute Gasteiger partial charge is 0.479 e. The average Bonchev–Trinajstić information content (AvgIpc) is 4.33. The summed E-state index contributed by atoms with van der Waals surface area (Å²) >= 11 is 2.59. The van der Waals surface area contributed by atoms with E-state index in [1.807, 2.05) is 13.8 Å². The third-order valence-electron chi connectivity index (χ3n) is 12.6. The van der Waals surface area contributed by atoms with Gasteiger partial charge in [0.2, 0.25) is 11.9 Å². The Balaban J connectivity index is 0.000000180. The Hall–Kier alpha value is -8.16. The van der Waals surface area contributed by atoms with E-state index >= 15 is 0 Å². The molecule has 2 saturated carbocycles. The number of rotatable bonds is 17. The fourth-order valence-electron chi connectivity index (χ4n) is 8.68. The molecule has 24 nitrogen and oxygen atoms in total. The number of halogens is 4. The summed E-state index contributed by atoms with van der Waals surface area (Å²) in [5.41, 5.74) is 1.96. The molecule has 2 amide bonds. The van der Waals surface area contributed by atoms with Gasteiger partial charge in [-0.1, -0.05) is 0 Å². The van der Waals surface area contributed by atoms with Crippen molar-refractivity contribution in [2.75, 3.05) is 23.8 Å². The Morgan fingerprint density at radius 2 is 1.00 bits per heavy atom. The predicted octanol–water partition coefficient (Wildman–Crippen LogP) is 7.56. The molecule has 0 radical (unpaired) electrons. The molecule has 8 heterocycles. The summed E-state index contributed by atoms with van der Waals surface area (Å²) in [7, 11) is 0. The summed E-state index contributed by atoms with van der Waals surface area (Å²) in [6.07, 6.45) is 12.5. The second-order valence-electron chi connectivity index (χ2n) is 18.0. The normalized spacial score (nSPS) is 17.8. The van der Waals surface area contributed by atoms with Crippen LogP contribution in [0.2, 0.25) is 0 Å². The SMILES string of the molecule is CCOC1CCC(n2cc(NC(=O)c3csc(-c4cn[nH]c4)n3)c(-c3nc(F)ccc3F)n2)CC1.CCOC1CCC(n2cc(NC(=O)c3csc(-c4cn[nH]c4)n3)c(-c3nc(F)ccc3F)n2)CC1.O=C(O)C(O)C(O)C(=O)O. The number of aliphatic carboxylic acids is 2. The van der Waals surface area contributed by atoms with Crippen LogP contribution in [0, 0.1) is 23.5 Å². The number of carboxylic acid groups (broad SMARTS) is 2. The Labute approximate surface area is 459 Å². The number of carbonyl (C=O) groups excluding carboxylic acids is 2. The molecule has 30 heteroatoms. The number of carboxylic acids is 2. The number of thiazole rings is 2. The zero-order valence-electron chi connectivity index (χ0n) is 42.5. The number of aromatic amines is 2. The van der Waals surface area contributed by atoms with Gasteiger partial charge in [0.05, 0.1) is 48.1 Å². The first-order valence-corrected chi connectivity index (χ1v) is 26.7. The number of nitrogens with zero attached hydrogens (tertiary/aromatic N) is 10. The van der Waals surface area contributed by atoms with Crippen LogP contribution in [0.1, 0.15) is 98.3 Å². The molecule has 2 atom stereocenters. The first-order chi connectivity index (χ1) is 38.5. The van der Waals surface area contributed by atoms with Crippen LogP contribution >= 0.6 is 22.7 Å². The van der Waals surface area contributed by atoms with Crippen LogP contribution in [-0.4, -0.2) is 142 Å². The van der Waals surface area contributed by atoms with Crippen molar-refractivity contribution < 1.29 is 66.6 Å². The van der Waals surface area contributed by atoms with Gasteiger partial charge in [0.15, 0.2) is 23.8 Å². The van der Waals surface area contributed by atoms with E-state index in [9.17, 15) is 36.7 Å². The summed E-state index contributed by atoms with van der Waals surface area (Å²) in [6.45, 7) is 5.28. The number of aliphatic hydroxyl groups is 2. The number of pyridine rings is 2. The molecule has 0 spiro atoms. The third-order valence-corrected chi connectivity index (χ3v) is 14.4. The van der Waals surface area contributed by atoms with E-state index in [0.717, 1.165) is 86.8 Å². The molecule has 0 aliphatic heterocycles. The van der Waals surface area contributed by atoms with Crippen LogP contribution in [0.25, 0.3) is 43.9 Å². The van der Waals surface area contributed by atoms with Crippen LogP contribution in [-0.2, 0) is 19.1 Å². The molecule has 80 heavy (non-hydrogen) atoms. The van der Waals surface area contributed by atoms with E-state index in [0.29, 0.717) is 23.2 Å². The minimum atomic E-state index is -2.27. The third kappa shape index (κ3) is 14.4. The molecule has 0 saturated heterocycles. The number of aliphatic hydroxyl groups excluding tert-OH is 2. The Morgan fingerprint density at radius 3 is 1.34 bits per heavy atom. The highest BCUT2D eigenvalue weighted by Gasteiger charge is 2.31. The zero-order valence-corrected chi connectivity index (χ0v) is 44.1. The smallest absolute Gasteiger partial charge is 0.335 e. The number of hydrogen-bond acceptors (Lipinski definition) is 18. The molecule has 2 aliphatic carbocycles. The lowest BCUT2D eigenvalue weighted by atomic mass is 9.93. The quantitative estimate of drug-likeness (QED) is 0.0322. The number of H-pyrrole nitrogens is 2. The Kier molecular flexibility index (Phi) is 19.3. The molecule has 0 aromatic carbocycles. The van der Waals surface area contributed by atoms with E-state index in [1.54, 1.807) is 57.3 Å². The van der Waals surface area contributed by atoms with Crippen LogP contribution in [0.5, 0.6) is 0 Å². The summed E-state index contributed by atoms with van der Waals surface area (Å²) in [5.74, 6) is -7.66. The second-order valence-corrected chi connectivity index (χ2v) is 19.7. The zero-order chi connectivity index (χ0) is 57.0. The van der Waals surface area contributed by atoms with Gasteiger partial charge in [-0.15, -0.1) is 22.7 Å². The molecule has 8 aromatic rings. The molecule has 8 aromatic heterocycles. The van der Waals surface area contributed by atoms with Crippen molar-refractivity contribution in [3.8, 4) is 43.9 Å². The number of nitrogens with one attached hydrogen (secondary N) is 4. The van der Waals surface area contributed by atoms with Crippen molar-refractivity contribution in [3.63, 3.8) is 0 Å². The molecular weight excluding hydrogens is 1100 g/mol. The molecule has 2 aliphatic rings. The monoisotopic (exact) mass is 1150 g/mol. The van der Waals surface area contributed by atoms with Gasteiger partial charge >= 0.3 is 11.9 Å². The molecule has 422 valence electrons. The second kappa shape index (κ2) is 26.7. The van der Waals surface area contributed by atoms with E-state index in [4.69, 9.17) is 29.9 Å². The van der Waals surface area contributed by atoms with Crippen LogP contribution in [0.3, 0.4) is 0 Å². The minimum Gasteiger partial charge on any atom is -0.479 e. The van der Waals surface area contributed by atoms with E-state index in [1.165, 1.54) is 22.7 Å². The van der Waals surface area contributed by atoms with Gasteiger partial charge in [0.1, 0.15) is 44.2 Å². The molecule has 2 fully saturated rings. The highest BCUT2D eigenvalue weighted by molar-refractivity contribution is 7.13. The molecule has 8 N–H and O–H groups in total. The van der Waals surface area contributed by atoms with Gasteiger partial charge in [-0.05, 0) is 89.5 Å². The standard InChI is InChI=1S/2C23H23F2N7O2S.C4H6O6/c2*1-2-34-15-5-3-14(4-6-15)32-11-17(21(31-32)20-16(24)7-8-19(25)30-20)28-22(33)18-12-35-23(29-18)13-9-26-27-10-13;5-1(3(7)8)2(6)4(9)10/h2*7-12,14-15H,2-6H2,1H3,(H,26,27)(H,28,33);1-2,5-6H,(H,7,8)(H,9,10). The maximum absolute atomic E-state index is 14.6. The van der Waals surface area contributed by atoms with Gasteiger partial charge in [0.25, 0.3) is 11.8 Å². The van der Waals surface area contributed by atoms with Crippen molar-refractivity contribution in [1.82, 2.24) is 59.9 Å². The van der Waals surface area contributed by atoms with Crippen LogP contribution in [0.4, 0.5) is 28.9 Å². The topological polar surface area (TPSA) is 336 Å². The number of aromatic nitrogens is 12. The lowest BCUT2D eigenvalue weighted by molar-refractivity contribution is -0.165. The number of amides is 2. The van der Waals surface area contributed by atoms with Crippen molar-refractivity contribution in [1.29, 1.82) is 0 Å². The van der Waals surface area contributed by atoms with Crippen molar-refractivity contribution in [2.45, 2.75) is 102 Å². The molecule has 2 unspecified atom stereocenters. The van der Waals surface area contributed by atoms with Gasteiger partial charge in [-0.3, -0.25) is 29.2 Å². The average molecular weight is 1150 g/mol. The highest BCUT2D eigenvalue weighted by Crippen LogP contribution is 2.37. The summed E-state index contributed by atoms with van der Waals surface area (Å²) < 4.78 is 71.8. The lowest BCUT2D eigenvalue weighted by Gasteiger charge is -2.28. The van der Waals surface area contributed by atoms with Gasteiger partial charge in [0, 0.05) is 59.9 Å². The van der Waals surface area contributed by atoms with Crippen LogP contribution in [0.15, 0.2) is 72.2 Å². The van der Waals surface area contributed by atoms with Crippen LogP contribution < -0.4 is 10.6 Å². The van der Waals surface area contributed by atoms with E-state index in [2.05, 4.69) is 61.2 Å². The fourth-order valence-corrected chi connectivity index (χ4v) is 10.2. The first kappa shape index (κ1) is 58.0. The summed E-state index contributed by atoms with van der Waals surface area (Å²) in [5, 5.41) is 64.8. The van der Waals surface area contributed by atoms with Gasteiger partial charge in [-0.2, -0.15) is 29.2 Å². The molecule has 10 rings (SSSR count). The predicted molar refractivity (Wildman–Crippen MR) is 279 cm³/mol. The number of carbonyl (C=O) groups is 4. The van der Waals surface area contributed by atoms with E-state index < -0.39 is 59.5 Å². The lowest BCUT2D eigenvalue weighted by Crippen LogP contribution is -2.39. The minimum absolute atomic E-state index is 0.0414. The van der Waals surface area contributed by atoms with Gasteiger partial charge in [-0.25, -0.2) is 38.3 Å². The van der Waals surface area contributed by atoms with Crippen molar-refractivity contribution >= 4 is 57.8 Å². The first-order valence-electron chi connectivity index (χ1n) is 24.9. The number of ether oxygens (including phenoxy) is 2. The number of hydrogen-bond donors (Lipinski definition) is 8. The molecule has 0 bridgehead atoms. The van der Waals surface area contributed by atoms with Gasteiger partial charge < -0.3 is 40.5 Å². The fraction of sp³-hybridized carbons (Fsp3) is 0.360. The van der Waals surface area contributed by atoms with Crippen molar-refractivity contribution in [3.05, 3.63) is 107 Å². The summed E-state index contributed by atoms with van der Waals surface area (Å²) in [6, 6.07) is 3.95. The Morgan fingerprint density at radius 1 is 0.613 bits per heavy atom. The number of anilines is 2. The Bertz CT molecular complexity index is 3160. The highest BCUT2D eigenvalue weighted by atomic mass is 32.1.